The first-order chi connectivity index (χ1) is 7.29. The highest BCUT2D eigenvalue weighted by Crippen LogP contribution is 1.91. The van der Waals surface area contributed by atoms with Gasteiger partial charge in [-0.15, -0.1) is 12.6 Å². The third-order valence-corrected chi connectivity index (χ3v) is 2.62. The molecule has 1 fully saturated rings. The average Bonchev–Trinajstić information content (AvgIpc) is 2.76. The van der Waals surface area contributed by atoms with Gasteiger partial charge in [0.15, 0.2) is 0 Å². The highest BCUT2D eigenvalue weighted by Gasteiger charge is 2.07. The third kappa shape index (κ3) is 6.86. The van der Waals surface area contributed by atoms with Gasteiger partial charge < -0.3 is 10.7 Å². The number of thiocarbonyl (C=S) groups is 1. The lowest BCUT2D eigenvalue weighted by atomic mass is 10.4. The molecule has 15 heavy (non-hydrogen) atoms. The van der Waals surface area contributed by atoms with Crippen LogP contribution >= 0.6 is 36.2 Å². The van der Waals surface area contributed by atoms with Gasteiger partial charge in [-0.3, -0.25) is 0 Å². The SMILES string of the molecule is S=C(S)NN1CCNCC1.c1ccsc1. The first kappa shape index (κ1) is 12.9. The summed E-state index contributed by atoms with van der Waals surface area (Å²) in [4.78, 5) is 0. The second-order valence-electron chi connectivity index (χ2n) is 2.95. The average molecular weight is 261 g/mol. The van der Waals surface area contributed by atoms with Crippen LogP contribution < -0.4 is 10.7 Å². The second kappa shape index (κ2) is 8.06. The lowest BCUT2D eigenvalue weighted by Gasteiger charge is -2.27. The predicted octanol–water partition coefficient (Wildman–Crippen LogP) is 1.36. The number of thiophene rings is 1. The number of hydrogen-bond donors (Lipinski definition) is 3. The van der Waals surface area contributed by atoms with Crippen LogP contribution in [-0.2, 0) is 0 Å². The lowest BCUT2D eigenvalue weighted by Crippen LogP contribution is -2.50. The van der Waals surface area contributed by atoms with E-state index in [2.05, 4.69) is 28.4 Å². The van der Waals surface area contributed by atoms with Crippen LogP contribution in [0, 0.1) is 0 Å². The fourth-order valence-electron chi connectivity index (χ4n) is 1.14. The van der Waals surface area contributed by atoms with E-state index in [4.69, 9.17) is 12.2 Å². The maximum Gasteiger partial charge on any atom is 0.145 e. The molecule has 2 heterocycles. The normalized spacial score (nSPS) is 16.3. The van der Waals surface area contributed by atoms with E-state index in [-0.39, 0.29) is 0 Å². The largest absolute Gasteiger partial charge is 0.314 e. The van der Waals surface area contributed by atoms with Crippen LogP contribution in [0.1, 0.15) is 0 Å². The van der Waals surface area contributed by atoms with E-state index in [1.54, 1.807) is 11.3 Å². The highest BCUT2D eigenvalue weighted by molar-refractivity contribution is 8.11. The van der Waals surface area contributed by atoms with Crippen LogP contribution in [0.15, 0.2) is 22.9 Å². The number of thiol groups is 1. The van der Waals surface area contributed by atoms with Gasteiger partial charge in [-0.25, -0.2) is 5.01 Å². The maximum atomic E-state index is 4.77. The molecule has 0 radical (unpaired) electrons. The quantitative estimate of drug-likeness (QED) is 0.526. The monoisotopic (exact) mass is 261 g/mol. The fourth-order valence-corrected chi connectivity index (χ4v) is 1.86. The van der Waals surface area contributed by atoms with Gasteiger partial charge in [-0.1, -0.05) is 24.4 Å². The van der Waals surface area contributed by atoms with E-state index >= 15 is 0 Å². The Hall–Kier alpha value is -0.140. The van der Waals surface area contributed by atoms with Crippen molar-refractivity contribution in [1.29, 1.82) is 0 Å². The lowest BCUT2D eigenvalue weighted by molar-refractivity contribution is 0.209. The topological polar surface area (TPSA) is 27.3 Å². The van der Waals surface area contributed by atoms with Crippen molar-refractivity contribution in [3.05, 3.63) is 22.9 Å². The van der Waals surface area contributed by atoms with Crippen molar-refractivity contribution >= 4 is 40.5 Å². The van der Waals surface area contributed by atoms with E-state index in [1.807, 2.05) is 22.9 Å². The van der Waals surface area contributed by atoms with Gasteiger partial charge in [-0.05, 0) is 10.8 Å². The molecule has 0 unspecified atom stereocenters. The molecule has 1 aliphatic heterocycles. The molecule has 84 valence electrons. The number of hydrazine groups is 1. The van der Waals surface area contributed by atoms with Crippen molar-refractivity contribution in [1.82, 2.24) is 15.8 Å². The Morgan fingerprint density at radius 2 is 1.93 bits per heavy atom. The maximum absolute atomic E-state index is 4.77. The zero-order valence-corrected chi connectivity index (χ0v) is 10.9. The summed E-state index contributed by atoms with van der Waals surface area (Å²) in [7, 11) is 0. The van der Waals surface area contributed by atoms with Crippen molar-refractivity contribution in [2.24, 2.45) is 0 Å². The Morgan fingerprint density at radius 1 is 1.33 bits per heavy atom. The van der Waals surface area contributed by atoms with Gasteiger partial charge in [0.2, 0.25) is 0 Å². The Kier molecular flexibility index (Phi) is 6.95. The molecule has 1 aromatic heterocycles. The molecule has 1 aliphatic rings. The van der Waals surface area contributed by atoms with Crippen LogP contribution in [0.4, 0.5) is 0 Å². The molecule has 0 atom stereocenters. The predicted molar refractivity (Wildman–Crippen MR) is 73.5 cm³/mol. The first-order valence-electron chi connectivity index (χ1n) is 4.71. The molecule has 0 saturated carbocycles. The van der Waals surface area contributed by atoms with Crippen LogP contribution in [0.25, 0.3) is 0 Å². The number of nitrogens with zero attached hydrogens (tertiary/aromatic N) is 1. The molecular formula is C9H15N3S3. The van der Waals surface area contributed by atoms with Gasteiger partial charge in [0.25, 0.3) is 0 Å². The first-order valence-corrected chi connectivity index (χ1v) is 6.51. The van der Waals surface area contributed by atoms with Gasteiger partial charge >= 0.3 is 0 Å². The number of nitrogens with one attached hydrogen (secondary N) is 2. The van der Waals surface area contributed by atoms with E-state index in [0.29, 0.717) is 4.32 Å². The van der Waals surface area contributed by atoms with Crippen molar-refractivity contribution in [2.75, 3.05) is 26.2 Å². The second-order valence-corrected chi connectivity index (χ2v) is 4.92. The standard InChI is InChI=1S/C5H11N3S2.C4H4S/c9-5(10)7-8-3-1-6-2-4-8;1-2-4-5-3-1/h6H,1-4H2,(H2,7,9,10);1-4H. The van der Waals surface area contributed by atoms with Gasteiger partial charge in [0.05, 0.1) is 0 Å². The van der Waals surface area contributed by atoms with Crippen LogP contribution in [0.2, 0.25) is 0 Å². The van der Waals surface area contributed by atoms with Gasteiger partial charge in [-0.2, -0.15) is 11.3 Å². The Morgan fingerprint density at radius 3 is 2.33 bits per heavy atom. The summed E-state index contributed by atoms with van der Waals surface area (Å²) in [5.74, 6) is 0. The molecule has 0 spiro atoms. The molecule has 0 bridgehead atoms. The van der Waals surface area contributed by atoms with E-state index in [9.17, 15) is 0 Å². The summed E-state index contributed by atoms with van der Waals surface area (Å²) >= 11 is 10.4. The van der Waals surface area contributed by atoms with Crippen molar-refractivity contribution in [3.8, 4) is 0 Å². The summed E-state index contributed by atoms with van der Waals surface area (Å²) in [6.45, 7) is 4.01. The van der Waals surface area contributed by atoms with E-state index in [0.717, 1.165) is 26.2 Å². The number of piperazine rings is 1. The van der Waals surface area contributed by atoms with Gasteiger partial charge in [0, 0.05) is 26.2 Å². The molecule has 2 N–H and O–H groups in total. The van der Waals surface area contributed by atoms with Crippen LogP contribution in [0.3, 0.4) is 0 Å². The van der Waals surface area contributed by atoms with E-state index in [1.165, 1.54) is 0 Å². The van der Waals surface area contributed by atoms with Crippen molar-refractivity contribution in [2.45, 2.75) is 0 Å². The molecule has 2 rings (SSSR count). The van der Waals surface area contributed by atoms with Crippen molar-refractivity contribution < 1.29 is 0 Å². The van der Waals surface area contributed by atoms with Gasteiger partial charge in [0.1, 0.15) is 4.32 Å². The summed E-state index contributed by atoms with van der Waals surface area (Å²) in [6, 6.07) is 4.04. The zero-order valence-electron chi connectivity index (χ0n) is 8.35. The molecule has 0 amide bonds. The molecular weight excluding hydrogens is 246 g/mol. The Labute approximate surface area is 105 Å². The summed E-state index contributed by atoms with van der Waals surface area (Å²) in [5.41, 5.74) is 2.97. The fraction of sp³-hybridized carbons (Fsp3) is 0.444. The summed E-state index contributed by atoms with van der Waals surface area (Å²) < 4.78 is 0.543. The molecule has 1 aromatic rings. The van der Waals surface area contributed by atoms with Crippen LogP contribution in [0.5, 0.6) is 0 Å². The zero-order chi connectivity index (χ0) is 10.9. The molecule has 0 aliphatic carbocycles. The minimum atomic E-state index is 0.543. The smallest absolute Gasteiger partial charge is 0.145 e. The minimum absolute atomic E-state index is 0.543. The number of hydrogen-bond acceptors (Lipinski definition) is 4. The minimum Gasteiger partial charge on any atom is -0.314 e. The summed E-state index contributed by atoms with van der Waals surface area (Å²) in [5, 5.41) is 9.38. The Balaban J connectivity index is 0.000000187. The molecule has 3 nitrogen and oxygen atoms in total. The highest BCUT2D eigenvalue weighted by atomic mass is 32.1. The Bertz CT molecular complexity index is 240. The summed E-state index contributed by atoms with van der Waals surface area (Å²) in [6.07, 6.45) is 0. The third-order valence-electron chi connectivity index (χ3n) is 1.80. The van der Waals surface area contributed by atoms with Crippen molar-refractivity contribution in [3.63, 3.8) is 0 Å². The molecule has 1 saturated heterocycles. The molecule has 0 aromatic carbocycles. The molecule has 6 heteroatoms. The van der Waals surface area contributed by atoms with Crippen LogP contribution in [-0.4, -0.2) is 35.5 Å². The number of rotatable bonds is 1. The van der Waals surface area contributed by atoms with E-state index < -0.39 is 0 Å².